The highest BCUT2D eigenvalue weighted by Gasteiger charge is 2.34. The molecule has 0 radical (unpaired) electrons. The van der Waals surface area contributed by atoms with Crippen molar-refractivity contribution in [3.63, 3.8) is 0 Å². The number of benzene rings is 2. The van der Waals surface area contributed by atoms with Gasteiger partial charge in [-0.05, 0) is 16.3 Å². The van der Waals surface area contributed by atoms with Gasteiger partial charge in [0.05, 0.1) is 0 Å². The van der Waals surface area contributed by atoms with E-state index in [1.807, 2.05) is 54.6 Å². The van der Waals surface area contributed by atoms with Crippen molar-refractivity contribution in [2.75, 3.05) is 0 Å². The zero-order chi connectivity index (χ0) is 18.8. The molecule has 2 aromatic carbocycles. The Bertz CT molecular complexity index is 986. The van der Waals surface area contributed by atoms with E-state index in [4.69, 9.17) is 0 Å². The van der Waals surface area contributed by atoms with Crippen molar-refractivity contribution < 1.29 is 14.7 Å². The number of hydrogen-bond acceptors (Lipinski definition) is 5. The van der Waals surface area contributed by atoms with Gasteiger partial charge in [-0.1, -0.05) is 54.6 Å². The predicted molar refractivity (Wildman–Crippen MR) is 95.4 cm³/mol. The molecule has 1 amide bonds. The Balaban J connectivity index is 1.54. The van der Waals surface area contributed by atoms with Crippen molar-refractivity contribution in [3.05, 3.63) is 65.7 Å². The van der Waals surface area contributed by atoms with Crippen LogP contribution in [0.4, 0.5) is 0 Å². The van der Waals surface area contributed by atoms with Crippen molar-refractivity contribution in [2.24, 2.45) is 0 Å². The van der Waals surface area contributed by atoms with E-state index in [1.54, 1.807) is 0 Å². The molecule has 4 rings (SSSR count). The van der Waals surface area contributed by atoms with Crippen molar-refractivity contribution in [1.82, 2.24) is 25.1 Å². The van der Waals surface area contributed by atoms with Crippen LogP contribution in [0.1, 0.15) is 11.1 Å². The fourth-order valence-corrected chi connectivity index (χ4v) is 3.23. The molecule has 0 bridgehead atoms. The van der Waals surface area contributed by atoms with E-state index in [2.05, 4.69) is 15.4 Å². The van der Waals surface area contributed by atoms with Gasteiger partial charge in [-0.3, -0.25) is 4.79 Å². The van der Waals surface area contributed by atoms with E-state index in [0.717, 1.165) is 16.7 Å². The van der Waals surface area contributed by atoms with Gasteiger partial charge in [-0.15, -0.1) is 10.2 Å². The van der Waals surface area contributed by atoms with Gasteiger partial charge >= 0.3 is 5.97 Å². The normalized spacial score (nSPS) is 16.0. The average molecular weight is 363 g/mol. The van der Waals surface area contributed by atoms with Crippen LogP contribution in [0.25, 0.3) is 11.4 Å². The third-order valence-corrected chi connectivity index (χ3v) is 4.62. The predicted octanol–water partition coefficient (Wildman–Crippen LogP) is 1.38. The summed E-state index contributed by atoms with van der Waals surface area (Å²) in [5.41, 5.74) is 2.71. The minimum absolute atomic E-state index is 0.161. The molecule has 8 nitrogen and oxygen atoms in total. The summed E-state index contributed by atoms with van der Waals surface area (Å²) in [6.07, 6.45) is 0.289. The first-order valence-electron chi connectivity index (χ1n) is 8.54. The molecule has 1 aliphatic rings. The van der Waals surface area contributed by atoms with E-state index in [9.17, 15) is 14.7 Å². The van der Waals surface area contributed by atoms with Crippen molar-refractivity contribution in [2.45, 2.75) is 25.6 Å². The smallest absolute Gasteiger partial charge is 0.326 e. The maximum Gasteiger partial charge on any atom is 0.326 e. The number of carboxylic acid groups (broad SMARTS) is 1. The first-order chi connectivity index (χ1) is 13.1. The zero-order valence-corrected chi connectivity index (χ0v) is 14.4. The lowest BCUT2D eigenvalue weighted by molar-refractivity contribution is -0.151. The monoisotopic (exact) mass is 363 g/mol. The fourth-order valence-electron chi connectivity index (χ4n) is 3.23. The van der Waals surface area contributed by atoms with Gasteiger partial charge in [0.2, 0.25) is 11.7 Å². The highest BCUT2D eigenvalue weighted by atomic mass is 16.4. The first kappa shape index (κ1) is 16.9. The Morgan fingerprint density at radius 1 is 1.04 bits per heavy atom. The van der Waals surface area contributed by atoms with Gasteiger partial charge in [0.15, 0.2) is 0 Å². The maximum atomic E-state index is 12.8. The van der Waals surface area contributed by atoms with Crippen LogP contribution in [0.2, 0.25) is 0 Å². The van der Waals surface area contributed by atoms with Crippen LogP contribution in [0.3, 0.4) is 0 Å². The molecule has 3 aromatic rings. The van der Waals surface area contributed by atoms with Crippen LogP contribution >= 0.6 is 0 Å². The van der Waals surface area contributed by atoms with Gasteiger partial charge in [0, 0.05) is 18.5 Å². The Morgan fingerprint density at radius 3 is 2.48 bits per heavy atom. The molecule has 2 heterocycles. The van der Waals surface area contributed by atoms with Crippen LogP contribution in [-0.2, 0) is 29.1 Å². The lowest BCUT2D eigenvalue weighted by Crippen LogP contribution is -2.49. The SMILES string of the molecule is O=C(O)C1Cc2ccccc2CN1C(=O)Cn1nnc(-c2ccccc2)n1. The molecule has 0 saturated heterocycles. The van der Waals surface area contributed by atoms with E-state index < -0.39 is 12.0 Å². The molecule has 0 fully saturated rings. The van der Waals surface area contributed by atoms with Crippen LogP contribution in [0.5, 0.6) is 0 Å². The van der Waals surface area contributed by atoms with Crippen LogP contribution < -0.4 is 0 Å². The van der Waals surface area contributed by atoms with Crippen molar-refractivity contribution in [3.8, 4) is 11.4 Å². The summed E-state index contributed by atoms with van der Waals surface area (Å²) in [6, 6.07) is 16.0. The van der Waals surface area contributed by atoms with Crippen LogP contribution in [-0.4, -0.2) is 48.1 Å². The number of hydrogen-bond donors (Lipinski definition) is 1. The zero-order valence-electron chi connectivity index (χ0n) is 14.4. The summed E-state index contributed by atoms with van der Waals surface area (Å²) in [4.78, 5) is 27.0. The van der Waals surface area contributed by atoms with E-state index in [-0.39, 0.29) is 25.4 Å². The summed E-state index contributed by atoms with van der Waals surface area (Å²) in [5, 5.41) is 21.7. The highest BCUT2D eigenvalue weighted by Crippen LogP contribution is 2.24. The van der Waals surface area contributed by atoms with Crippen LogP contribution in [0.15, 0.2) is 54.6 Å². The second-order valence-corrected chi connectivity index (χ2v) is 6.36. The van der Waals surface area contributed by atoms with Crippen molar-refractivity contribution >= 4 is 11.9 Å². The lowest BCUT2D eigenvalue weighted by atomic mass is 9.94. The van der Waals surface area contributed by atoms with Crippen molar-refractivity contribution in [1.29, 1.82) is 0 Å². The minimum atomic E-state index is -1.02. The van der Waals surface area contributed by atoms with Gasteiger partial charge < -0.3 is 10.0 Å². The summed E-state index contributed by atoms with van der Waals surface area (Å²) < 4.78 is 0. The largest absolute Gasteiger partial charge is 0.480 e. The van der Waals surface area contributed by atoms with Gasteiger partial charge in [0.1, 0.15) is 12.6 Å². The number of tetrazole rings is 1. The number of carbonyl (C=O) groups is 2. The summed E-state index contributed by atoms with van der Waals surface area (Å²) >= 11 is 0. The van der Waals surface area contributed by atoms with E-state index in [0.29, 0.717) is 5.82 Å². The standard InChI is InChI=1S/C19H17N5O3/c25-17(12-24-21-18(20-22-24)13-6-2-1-3-7-13)23-11-15-9-5-4-8-14(15)10-16(23)19(26)27/h1-9,16H,10-12H2,(H,26,27). The molecule has 0 aliphatic carbocycles. The Morgan fingerprint density at radius 2 is 1.74 bits per heavy atom. The quantitative estimate of drug-likeness (QED) is 0.751. The second-order valence-electron chi connectivity index (χ2n) is 6.36. The molecular weight excluding hydrogens is 346 g/mol. The molecule has 27 heavy (non-hydrogen) atoms. The van der Waals surface area contributed by atoms with E-state index in [1.165, 1.54) is 9.70 Å². The minimum Gasteiger partial charge on any atom is -0.480 e. The Hall–Kier alpha value is -3.55. The lowest BCUT2D eigenvalue weighted by Gasteiger charge is -2.34. The Kier molecular flexibility index (Phi) is 4.37. The number of carbonyl (C=O) groups excluding carboxylic acids is 1. The fraction of sp³-hybridized carbons (Fsp3) is 0.211. The molecule has 0 spiro atoms. The molecule has 1 N–H and O–H groups in total. The number of aromatic nitrogens is 4. The number of nitrogens with zero attached hydrogens (tertiary/aromatic N) is 5. The second kappa shape index (κ2) is 6.99. The van der Waals surface area contributed by atoms with E-state index >= 15 is 0 Å². The third-order valence-electron chi connectivity index (χ3n) is 4.62. The molecule has 1 aromatic heterocycles. The number of amides is 1. The molecule has 1 atom stereocenters. The van der Waals surface area contributed by atoms with Gasteiger partial charge in [-0.2, -0.15) is 4.80 Å². The number of rotatable bonds is 4. The molecule has 0 saturated carbocycles. The molecule has 1 unspecified atom stereocenters. The van der Waals surface area contributed by atoms with Gasteiger partial charge in [-0.25, -0.2) is 4.79 Å². The molecule has 8 heteroatoms. The van der Waals surface area contributed by atoms with Crippen LogP contribution in [0, 0.1) is 0 Å². The molecule has 136 valence electrons. The molecule has 1 aliphatic heterocycles. The average Bonchev–Trinajstić information content (AvgIpc) is 3.16. The third kappa shape index (κ3) is 3.41. The topological polar surface area (TPSA) is 101 Å². The summed E-state index contributed by atoms with van der Waals surface area (Å²) in [7, 11) is 0. The van der Waals surface area contributed by atoms with Gasteiger partial charge in [0.25, 0.3) is 0 Å². The number of aliphatic carboxylic acids is 1. The number of carboxylic acids is 1. The number of fused-ring (bicyclic) bond motifs is 1. The maximum absolute atomic E-state index is 12.8. The Labute approximate surface area is 155 Å². The highest BCUT2D eigenvalue weighted by molar-refractivity contribution is 5.84. The first-order valence-corrected chi connectivity index (χ1v) is 8.54. The summed E-state index contributed by atoms with van der Waals surface area (Å²) in [6.45, 7) is 0.0952. The summed E-state index contributed by atoms with van der Waals surface area (Å²) in [5.74, 6) is -0.953. The molecular formula is C19H17N5O3.